The number of rotatable bonds is 8. The van der Waals surface area contributed by atoms with E-state index in [4.69, 9.17) is 11.6 Å². The van der Waals surface area contributed by atoms with Gasteiger partial charge in [0.05, 0.1) is 10.7 Å². The number of thiazole rings is 1. The van der Waals surface area contributed by atoms with Crippen molar-refractivity contribution >= 4 is 52.4 Å². The van der Waals surface area contributed by atoms with E-state index in [-0.39, 0.29) is 30.6 Å². The van der Waals surface area contributed by atoms with Crippen molar-refractivity contribution in [3.8, 4) is 0 Å². The third-order valence-electron chi connectivity index (χ3n) is 6.55. The highest BCUT2D eigenvalue weighted by Crippen LogP contribution is 2.24. The summed E-state index contributed by atoms with van der Waals surface area (Å²) in [5, 5.41) is 8.64. The quantitative estimate of drug-likeness (QED) is 0.418. The number of fused-ring (bicyclic) bond motifs is 1. The van der Waals surface area contributed by atoms with Crippen molar-refractivity contribution in [1.29, 1.82) is 0 Å². The summed E-state index contributed by atoms with van der Waals surface area (Å²) in [4.78, 5) is 64.1. The molecule has 2 aromatic rings. The number of nitrogens with one attached hydrogen (secondary N) is 3. The fourth-order valence-corrected chi connectivity index (χ4v) is 5.61. The van der Waals surface area contributed by atoms with Gasteiger partial charge in [0.15, 0.2) is 5.01 Å². The highest BCUT2D eigenvalue weighted by Gasteiger charge is 2.25. The Morgan fingerprint density at radius 3 is 2.63 bits per heavy atom. The number of carbonyl (C=O) groups excluding carboxylic acids is 4. The molecule has 4 amide bonds. The number of nitrogens with zero attached hydrogens (tertiary/aromatic N) is 4. The van der Waals surface area contributed by atoms with Gasteiger partial charge in [-0.1, -0.05) is 11.6 Å². The van der Waals surface area contributed by atoms with E-state index in [1.54, 1.807) is 6.07 Å². The Kier molecular flexibility index (Phi) is 9.64. The van der Waals surface area contributed by atoms with Crippen LogP contribution in [0, 0.1) is 0 Å². The molecule has 38 heavy (non-hydrogen) atoms. The minimum atomic E-state index is -0.897. The number of likely N-dealkylation sites (tertiary alicyclic amines) is 1. The van der Waals surface area contributed by atoms with Crippen molar-refractivity contribution in [2.24, 2.45) is 0 Å². The zero-order chi connectivity index (χ0) is 27.1. The smallest absolute Gasteiger partial charge is 0.314 e. The van der Waals surface area contributed by atoms with Crippen molar-refractivity contribution in [3.05, 3.63) is 38.9 Å². The van der Waals surface area contributed by atoms with Gasteiger partial charge in [-0.15, -0.1) is 11.3 Å². The maximum Gasteiger partial charge on any atom is 0.314 e. The van der Waals surface area contributed by atoms with Crippen LogP contribution in [0.3, 0.4) is 0 Å². The normalized spacial score (nSPS) is 16.3. The highest BCUT2D eigenvalue weighted by atomic mass is 35.5. The fourth-order valence-electron chi connectivity index (χ4n) is 4.41. The molecule has 1 atom stereocenters. The van der Waals surface area contributed by atoms with Crippen LogP contribution in [0.5, 0.6) is 0 Å². The molecule has 11 nitrogen and oxygen atoms in total. The molecule has 13 heteroatoms. The first-order chi connectivity index (χ1) is 18.3. The lowest BCUT2D eigenvalue weighted by Crippen LogP contribution is -2.47. The van der Waals surface area contributed by atoms with Gasteiger partial charge in [0.25, 0.3) is 5.91 Å². The zero-order valence-corrected chi connectivity index (χ0v) is 22.9. The topological polar surface area (TPSA) is 137 Å². The Morgan fingerprint density at radius 1 is 1.11 bits per heavy atom. The molecule has 2 aromatic heterocycles. The highest BCUT2D eigenvalue weighted by molar-refractivity contribution is 7.13. The van der Waals surface area contributed by atoms with Crippen LogP contribution in [0.25, 0.3) is 0 Å². The number of pyridine rings is 1. The lowest BCUT2D eigenvalue weighted by molar-refractivity contribution is -0.136. The number of likely N-dealkylation sites (N-methyl/N-ethyl adjacent to an activating group) is 1. The molecule has 0 aromatic carbocycles. The predicted octanol–water partition coefficient (Wildman–Crippen LogP) is 1.83. The van der Waals surface area contributed by atoms with E-state index in [0.717, 1.165) is 62.4 Å². The molecule has 204 valence electrons. The molecular formula is C25H32ClN7O4S. The molecule has 0 spiro atoms. The molecule has 0 bridgehead atoms. The molecule has 1 saturated heterocycles. The second kappa shape index (κ2) is 13.1. The van der Waals surface area contributed by atoms with E-state index in [2.05, 4.69) is 30.8 Å². The van der Waals surface area contributed by atoms with Gasteiger partial charge < -0.3 is 25.8 Å². The first-order valence-electron chi connectivity index (χ1n) is 12.7. The van der Waals surface area contributed by atoms with E-state index in [9.17, 15) is 19.2 Å². The summed E-state index contributed by atoms with van der Waals surface area (Å²) in [6, 6.07) is 2.46. The van der Waals surface area contributed by atoms with Gasteiger partial charge >= 0.3 is 11.8 Å². The molecule has 0 saturated carbocycles. The average molecular weight is 562 g/mol. The third kappa shape index (κ3) is 7.71. The van der Waals surface area contributed by atoms with Gasteiger partial charge in [0.2, 0.25) is 5.91 Å². The van der Waals surface area contributed by atoms with Crippen LogP contribution < -0.4 is 16.0 Å². The maximum absolute atomic E-state index is 13.1. The Morgan fingerprint density at radius 2 is 1.89 bits per heavy atom. The molecule has 2 aliphatic heterocycles. The number of amides is 4. The van der Waals surface area contributed by atoms with Crippen molar-refractivity contribution < 1.29 is 19.2 Å². The number of hydrogen-bond donors (Lipinski definition) is 3. The van der Waals surface area contributed by atoms with E-state index in [1.165, 1.54) is 23.6 Å². The molecular weight excluding hydrogens is 530 g/mol. The summed E-state index contributed by atoms with van der Waals surface area (Å²) in [6.07, 6.45) is 5.78. The maximum atomic E-state index is 13.1. The molecule has 0 radical (unpaired) electrons. The SMILES string of the molecule is CN1CCc2nc(C(=O)NC(CCC(=O)N3CCCCC3)CNC(=O)C(=O)Nc3ccc(Cl)cn3)sc2C1. The van der Waals surface area contributed by atoms with E-state index in [1.807, 2.05) is 11.9 Å². The second-order valence-electron chi connectivity index (χ2n) is 9.55. The van der Waals surface area contributed by atoms with Gasteiger partial charge in [-0.05, 0) is 44.9 Å². The number of carbonyl (C=O) groups is 4. The van der Waals surface area contributed by atoms with Crippen LogP contribution in [0.4, 0.5) is 5.82 Å². The summed E-state index contributed by atoms with van der Waals surface area (Å²) in [6.45, 7) is 3.10. The molecule has 1 unspecified atom stereocenters. The van der Waals surface area contributed by atoms with Crippen LogP contribution in [-0.4, -0.2) is 82.7 Å². The molecule has 2 aliphatic rings. The number of piperidine rings is 1. The fraction of sp³-hybridized carbons (Fsp3) is 0.520. The Balaban J connectivity index is 1.36. The summed E-state index contributed by atoms with van der Waals surface area (Å²) in [7, 11) is 2.03. The van der Waals surface area contributed by atoms with E-state index >= 15 is 0 Å². The van der Waals surface area contributed by atoms with E-state index < -0.39 is 17.9 Å². The number of hydrogen-bond acceptors (Lipinski definition) is 8. The van der Waals surface area contributed by atoms with Gasteiger partial charge in [-0.2, -0.15) is 0 Å². The molecule has 3 N–H and O–H groups in total. The Hall–Kier alpha value is -3.09. The zero-order valence-electron chi connectivity index (χ0n) is 21.3. The summed E-state index contributed by atoms with van der Waals surface area (Å²) in [5.74, 6) is -1.92. The van der Waals surface area contributed by atoms with Crippen LogP contribution in [0.15, 0.2) is 18.3 Å². The third-order valence-corrected chi connectivity index (χ3v) is 7.86. The van der Waals surface area contributed by atoms with Crippen molar-refractivity contribution in [2.75, 3.05) is 38.5 Å². The molecule has 4 heterocycles. The van der Waals surface area contributed by atoms with Crippen LogP contribution in [0.2, 0.25) is 5.02 Å². The number of anilines is 1. The molecule has 0 aliphatic carbocycles. The summed E-state index contributed by atoms with van der Waals surface area (Å²) < 4.78 is 0. The van der Waals surface area contributed by atoms with Crippen LogP contribution >= 0.6 is 22.9 Å². The first kappa shape index (κ1) is 27.9. The van der Waals surface area contributed by atoms with Crippen molar-refractivity contribution in [1.82, 2.24) is 30.4 Å². The van der Waals surface area contributed by atoms with Crippen molar-refractivity contribution in [3.63, 3.8) is 0 Å². The molecule has 1 fully saturated rings. The van der Waals surface area contributed by atoms with Gasteiger partial charge in [0, 0.05) is 62.7 Å². The van der Waals surface area contributed by atoms with E-state index in [0.29, 0.717) is 16.5 Å². The Labute approximate surface area is 230 Å². The predicted molar refractivity (Wildman–Crippen MR) is 144 cm³/mol. The Bertz CT molecular complexity index is 1170. The largest absolute Gasteiger partial charge is 0.346 e. The van der Waals surface area contributed by atoms with Gasteiger partial charge in [-0.25, -0.2) is 9.97 Å². The summed E-state index contributed by atoms with van der Waals surface area (Å²) >= 11 is 7.16. The van der Waals surface area contributed by atoms with Gasteiger partial charge in [0.1, 0.15) is 5.82 Å². The second-order valence-corrected chi connectivity index (χ2v) is 11.1. The standard InChI is InChI=1S/C25H32ClN7O4S/c1-32-12-9-18-19(15-32)38-25(30-18)24(37)29-17(6-8-21(34)33-10-3-2-4-11-33)14-28-22(35)23(36)31-20-7-5-16(26)13-27-20/h5,7,13,17H,2-4,6,8-12,14-15H2,1H3,(H,28,35)(H,29,37)(H,27,31,36). The monoisotopic (exact) mass is 561 g/mol. The average Bonchev–Trinajstić information content (AvgIpc) is 3.35. The van der Waals surface area contributed by atoms with Gasteiger partial charge in [-0.3, -0.25) is 19.2 Å². The lowest BCUT2D eigenvalue weighted by Gasteiger charge is -2.27. The lowest BCUT2D eigenvalue weighted by atomic mass is 10.1. The summed E-state index contributed by atoms with van der Waals surface area (Å²) in [5.41, 5.74) is 0.941. The van der Waals surface area contributed by atoms with Crippen LogP contribution in [0.1, 0.15) is 52.5 Å². The first-order valence-corrected chi connectivity index (χ1v) is 13.9. The number of aromatic nitrogens is 2. The number of halogens is 1. The molecule has 4 rings (SSSR count). The van der Waals surface area contributed by atoms with Crippen molar-refractivity contribution in [2.45, 2.75) is 51.1 Å². The minimum Gasteiger partial charge on any atom is -0.346 e. The minimum absolute atomic E-state index is 0.0207. The van der Waals surface area contributed by atoms with Crippen LogP contribution in [-0.2, 0) is 27.3 Å².